The maximum absolute atomic E-state index is 8.90. The molecule has 0 saturated carbocycles. The highest BCUT2D eigenvalue weighted by molar-refractivity contribution is 7.22. The van der Waals surface area contributed by atoms with Crippen molar-refractivity contribution in [1.82, 2.24) is 0 Å². The van der Waals surface area contributed by atoms with Gasteiger partial charge in [0, 0.05) is 18.9 Å². The van der Waals surface area contributed by atoms with E-state index in [9.17, 15) is 0 Å². The van der Waals surface area contributed by atoms with Gasteiger partial charge in [-0.25, -0.2) is 0 Å². The van der Waals surface area contributed by atoms with E-state index in [0.717, 1.165) is 25.8 Å². The lowest BCUT2D eigenvalue weighted by molar-refractivity contribution is 0.601. The fourth-order valence-electron chi connectivity index (χ4n) is 3.26. The second-order valence-corrected chi connectivity index (χ2v) is 7.42. The first-order chi connectivity index (χ1) is 13.1. The maximum atomic E-state index is 8.90. The summed E-state index contributed by atoms with van der Waals surface area (Å²) in [4.78, 5) is 0. The minimum absolute atomic E-state index is 0.167. The Morgan fingerprint density at radius 3 is 2.41 bits per heavy atom. The Hall–Kier alpha value is -1.66. The third-order valence-corrected chi connectivity index (χ3v) is 4.78. The fraction of sp³-hybridized carbons (Fsp3) is 0.500. The Bertz CT molecular complexity index is 628. The van der Waals surface area contributed by atoms with E-state index in [2.05, 4.69) is 62.2 Å². The van der Waals surface area contributed by atoms with Gasteiger partial charge in [-0.2, -0.15) is 0 Å². The van der Waals surface area contributed by atoms with Crippen LogP contribution in [-0.2, 0) is 11.0 Å². The molecule has 0 atom stereocenters. The molecule has 1 aliphatic rings. The van der Waals surface area contributed by atoms with E-state index in [1.54, 1.807) is 6.66 Å². The van der Waals surface area contributed by atoms with Crippen LogP contribution < -0.4 is 5.32 Å². The number of benzene rings is 1. The van der Waals surface area contributed by atoms with Crippen LogP contribution in [-0.4, -0.2) is 13.2 Å². The average Bonchev–Trinajstić information content (AvgIpc) is 2.67. The van der Waals surface area contributed by atoms with Crippen molar-refractivity contribution in [2.75, 3.05) is 18.5 Å². The molecule has 27 heavy (non-hydrogen) atoms. The second kappa shape index (κ2) is 14.4. The normalized spacial score (nSPS) is 13.3. The second-order valence-electron chi connectivity index (χ2n) is 7.05. The SMILES string of the molecule is C=C(CCCNc1ccc(CCCCC)cc1)C1=CCCC=C1C.CP=O. The maximum Gasteiger partial charge on any atom is 0.151 e. The van der Waals surface area contributed by atoms with Crippen LogP contribution in [0.4, 0.5) is 5.69 Å². The minimum Gasteiger partial charge on any atom is -0.385 e. The van der Waals surface area contributed by atoms with Crippen LogP contribution in [0.15, 0.2) is 59.7 Å². The van der Waals surface area contributed by atoms with Crippen LogP contribution in [0, 0.1) is 0 Å². The van der Waals surface area contributed by atoms with Crippen LogP contribution >= 0.6 is 8.46 Å². The van der Waals surface area contributed by atoms with Crippen LogP contribution in [0.1, 0.15) is 64.4 Å². The van der Waals surface area contributed by atoms with E-state index in [4.69, 9.17) is 4.57 Å². The molecule has 0 spiro atoms. The summed E-state index contributed by atoms with van der Waals surface area (Å²) < 4.78 is 8.90. The molecule has 0 saturated heterocycles. The molecule has 0 unspecified atom stereocenters. The standard InChI is InChI=1S/C23H33N.CH3OP/c1-4-5-6-12-21-14-16-22(17-15-21)24-18-9-11-20(3)23-13-8-7-10-19(23)2;1-3-2/h10,13-17,24H,3-9,11-12,18H2,1-2H3;1H3. The van der Waals surface area contributed by atoms with Crippen molar-refractivity contribution >= 4 is 14.1 Å². The lowest BCUT2D eigenvalue weighted by Crippen LogP contribution is -2.03. The molecule has 1 aromatic carbocycles. The van der Waals surface area contributed by atoms with Crippen molar-refractivity contribution in [1.29, 1.82) is 0 Å². The van der Waals surface area contributed by atoms with Crippen LogP contribution in [0.25, 0.3) is 0 Å². The molecule has 2 rings (SSSR count). The van der Waals surface area contributed by atoms with Crippen molar-refractivity contribution in [3.63, 3.8) is 0 Å². The Kier molecular flexibility index (Phi) is 12.5. The Labute approximate surface area is 168 Å². The highest BCUT2D eigenvalue weighted by atomic mass is 31.1. The molecule has 3 heteroatoms. The molecule has 1 aromatic rings. The molecule has 0 bridgehead atoms. The predicted octanol–water partition coefficient (Wildman–Crippen LogP) is 7.74. The highest BCUT2D eigenvalue weighted by Crippen LogP contribution is 2.26. The van der Waals surface area contributed by atoms with Gasteiger partial charge in [-0.1, -0.05) is 50.6 Å². The van der Waals surface area contributed by atoms with Gasteiger partial charge in [0.1, 0.15) is 0 Å². The number of aryl methyl sites for hydroxylation is 1. The molecular weight excluding hydrogens is 349 g/mol. The summed E-state index contributed by atoms with van der Waals surface area (Å²) in [5.74, 6) is 0. The molecule has 2 nitrogen and oxygen atoms in total. The monoisotopic (exact) mass is 385 g/mol. The smallest absolute Gasteiger partial charge is 0.151 e. The Morgan fingerprint density at radius 1 is 1.11 bits per heavy atom. The van der Waals surface area contributed by atoms with E-state index in [-0.39, 0.29) is 8.46 Å². The van der Waals surface area contributed by atoms with Crippen molar-refractivity contribution in [2.45, 2.75) is 65.2 Å². The molecule has 0 amide bonds. The van der Waals surface area contributed by atoms with Crippen molar-refractivity contribution in [3.8, 4) is 0 Å². The van der Waals surface area contributed by atoms with Crippen molar-refractivity contribution in [3.05, 3.63) is 65.3 Å². The lowest BCUT2D eigenvalue weighted by Gasteiger charge is -2.15. The van der Waals surface area contributed by atoms with Gasteiger partial charge in [-0.3, -0.25) is 4.57 Å². The van der Waals surface area contributed by atoms with Gasteiger partial charge in [0.05, 0.1) is 0 Å². The van der Waals surface area contributed by atoms with Gasteiger partial charge in [0.2, 0.25) is 0 Å². The summed E-state index contributed by atoms with van der Waals surface area (Å²) in [6.07, 6.45) is 14.3. The van der Waals surface area contributed by atoms with Gasteiger partial charge in [0.15, 0.2) is 8.46 Å². The van der Waals surface area contributed by atoms with E-state index in [1.807, 2.05) is 0 Å². The number of nitrogens with one attached hydrogen (secondary N) is 1. The van der Waals surface area contributed by atoms with Gasteiger partial charge in [-0.15, -0.1) is 0 Å². The average molecular weight is 386 g/mol. The minimum atomic E-state index is 0.167. The van der Waals surface area contributed by atoms with Crippen LogP contribution in [0.5, 0.6) is 0 Å². The molecular formula is C24H36NOP. The summed E-state index contributed by atoms with van der Waals surface area (Å²) in [5, 5.41) is 3.53. The molecule has 0 radical (unpaired) electrons. The largest absolute Gasteiger partial charge is 0.385 e. The molecule has 0 aliphatic heterocycles. The van der Waals surface area contributed by atoms with E-state index in [1.165, 1.54) is 60.1 Å². The molecule has 1 aliphatic carbocycles. The Balaban J connectivity index is 0.00000114. The van der Waals surface area contributed by atoms with Gasteiger partial charge < -0.3 is 5.32 Å². The third-order valence-electron chi connectivity index (χ3n) is 4.78. The summed E-state index contributed by atoms with van der Waals surface area (Å²) in [6, 6.07) is 8.95. The van der Waals surface area contributed by atoms with Gasteiger partial charge >= 0.3 is 0 Å². The number of anilines is 1. The third kappa shape index (κ3) is 9.73. The zero-order valence-corrected chi connectivity index (χ0v) is 18.3. The number of hydrogen-bond acceptors (Lipinski definition) is 2. The first-order valence-corrected chi connectivity index (χ1v) is 11.5. The van der Waals surface area contributed by atoms with Crippen molar-refractivity contribution < 1.29 is 4.57 Å². The number of unbranched alkanes of at least 4 members (excludes halogenated alkanes) is 2. The van der Waals surface area contributed by atoms with Gasteiger partial charge in [-0.05, 0) is 79.9 Å². The highest BCUT2D eigenvalue weighted by Gasteiger charge is 2.07. The molecule has 0 aromatic heterocycles. The molecule has 0 heterocycles. The number of rotatable bonds is 10. The number of hydrogen-bond donors (Lipinski definition) is 1. The zero-order chi connectivity index (χ0) is 19.9. The zero-order valence-electron chi connectivity index (χ0n) is 17.4. The quantitative estimate of drug-likeness (QED) is 0.329. The van der Waals surface area contributed by atoms with E-state index >= 15 is 0 Å². The molecule has 148 valence electrons. The first kappa shape index (κ1) is 23.4. The van der Waals surface area contributed by atoms with Crippen LogP contribution in [0.2, 0.25) is 0 Å². The van der Waals surface area contributed by atoms with E-state index < -0.39 is 0 Å². The summed E-state index contributed by atoms with van der Waals surface area (Å²) in [6.45, 7) is 11.3. The van der Waals surface area contributed by atoms with Gasteiger partial charge in [0.25, 0.3) is 0 Å². The number of allylic oxidation sites excluding steroid dienone is 5. The van der Waals surface area contributed by atoms with Crippen molar-refractivity contribution in [2.24, 2.45) is 0 Å². The molecule has 1 N–H and O–H groups in total. The fourth-order valence-corrected chi connectivity index (χ4v) is 3.26. The predicted molar refractivity (Wildman–Crippen MR) is 121 cm³/mol. The summed E-state index contributed by atoms with van der Waals surface area (Å²) in [5.41, 5.74) is 6.76. The summed E-state index contributed by atoms with van der Waals surface area (Å²) >= 11 is 0. The van der Waals surface area contributed by atoms with E-state index in [0.29, 0.717) is 0 Å². The first-order valence-electron chi connectivity index (χ1n) is 10.2. The lowest BCUT2D eigenvalue weighted by atomic mass is 9.91. The topological polar surface area (TPSA) is 29.1 Å². The Morgan fingerprint density at radius 2 is 1.78 bits per heavy atom. The molecule has 0 fully saturated rings. The summed E-state index contributed by atoms with van der Waals surface area (Å²) in [7, 11) is 0.167. The van der Waals surface area contributed by atoms with Crippen LogP contribution in [0.3, 0.4) is 0 Å².